The number of halogens is 3. The molecule has 2 aromatic rings. The van der Waals surface area contributed by atoms with Crippen molar-refractivity contribution in [1.82, 2.24) is 4.90 Å². The standard InChI is InChI=1S/C18H17ClF2N2O4/c1-23(17(25)11-3-6-13(7-4-11)27-18(20)21)10-16(24)22-14-9-12(19)5-8-15(14)26-2/h3-9,18H,10H2,1-2H3,(H,22,24). The highest BCUT2D eigenvalue weighted by Gasteiger charge is 2.17. The number of hydrogen-bond acceptors (Lipinski definition) is 4. The van der Waals surface area contributed by atoms with Gasteiger partial charge in [-0.1, -0.05) is 11.6 Å². The van der Waals surface area contributed by atoms with Gasteiger partial charge in [-0.05, 0) is 42.5 Å². The number of carbonyl (C=O) groups excluding carboxylic acids is 2. The zero-order valence-electron chi connectivity index (χ0n) is 14.5. The van der Waals surface area contributed by atoms with Crippen molar-refractivity contribution in [3.05, 3.63) is 53.1 Å². The summed E-state index contributed by atoms with van der Waals surface area (Å²) in [6.07, 6.45) is 0. The third-order valence-electron chi connectivity index (χ3n) is 3.49. The van der Waals surface area contributed by atoms with Crippen LogP contribution in [0.3, 0.4) is 0 Å². The van der Waals surface area contributed by atoms with E-state index in [0.29, 0.717) is 16.5 Å². The first-order valence-corrected chi connectivity index (χ1v) is 8.11. The Morgan fingerprint density at radius 2 is 1.85 bits per heavy atom. The molecule has 0 radical (unpaired) electrons. The lowest BCUT2D eigenvalue weighted by molar-refractivity contribution is -0.116. The molecule has 6 nitrogen and oxygen atoms in total. The number of methoxy groups -OCH3 is 1. The normalized spacial score (nSPS) is 10.4. The lowest BCUT2D eigenvalue weighted by atomic mass is 10.2. The second-order valence-electron chi connectivity index (χ2n) is 5.46. The van der Waals surface area contributed by atoms with Gasteiger partial charge in [0.25, 0.3) is 5.91 Å². The molecule has 0 saturated heterocycles. The van der Waals surface area contributed by atoms with Gasteiger partial charge in [0.05, 0.1) is 19.3 Å². The molecule has 2 amide bonds. The molecule has 0 aliphatic rings. The number of ether oxygens (including phenoxy) is 2. The first kappa shape index (κ1) is 20.4. The Morgan fingerprint density at radius 3 is 2.44 bits per heavy atom. The third kappa shape index (κ3) is 5.82. The van der Waals surface area contributed by atoms with Crippen molar-refractivity contribution in [3.63, 3.8) is 0 Å². The van der Waals surface area contributed by atoms with E-state index in [1.807, 2.05) is 0 Å². The monoisotopic (exact) mass is 398 g/mol. The van der Waals surface area contributed by atoms with E-state index in [0.717, 1.165) is 0 Å². The SMILES string of the molecule is COc1ccc(Cl)cc1NC(=O)CN(C)C(=O)c1ccc(OC(F)F)cc1. The number of carbonyl (C=O) groups is 2. The topological polar surface area (TPSA) is 67.9 Å². The predicted octanol–water partition coefficient (Wildman–Crippen LogP) is 3.66. The fourth-order valence-corrected chi connectivity index (χ4v) is 2.43. The number of benzene rings is 2. The third-order valence-corrected chi connectivity index (χ3v) is 3.72. The van der Waals surface area contributed by atoms with Gasteiger partial charge in [-0.2, -0.15) is 8.78 Å². The molecule has 0 bridgehead atoms. The molecule has 0 saturated carbocycles. The van der Waals surface area contributed by atoms with Gasteiger partial charge in [-0.15, -0.1) is 0 Å². The Balaban J connectivity index is 1.99. The maximum absolute atomic E-state index is 12.4. The number of nitrogens with one attached hydrogen (secondary N) is 1. The van der Waals surface area contributed by atoms with Crippen LogP contribution in [0.5, 0.6) is 11.5 Å². The van der Waals surface area contributed by atoms with Crippen LogP contribution in [-0.2, 0) is 4.79 Å². The largest absolute Gasteiger partial charge is 0.495 e. The summed E-state index contributed by atoms with van der Waals surface area (Å²) in [7, 11) is 2.90. The summed E-state index contributed by atoms with van der Waals surface area (Å²) < 4.78 is 33.7. The van der Waals surface area contributed by atoms with E-state index in [1.54, 1.807) is 12.1 Å². The van der Waals surface area contributed by atoms with E-state index in [9.17, 15) is 18.4 Å². The fraction of sp³-hybridized carbons (Fsp3) is 0.222. The Labute approximate surface area is 159 Å². The van der Waals surface area contributed by atoms with Crippen LogP contribution >= 0.6 is 11.6 Å². The minimum atomic E-state index is -2.94. The molecule has 9 heteroatoms. The van der Waals surface area contributed by atoms with Crippen LogP contribution in [0.2, 0.25) is 5.02 Å². The minimum absolute atomic E-state index is 0.0602. The molecule has 0 atom stereocenters. The molecule has 0 spiro atoms. The van der Waals surface area contributed by atoms with Crippen LogP contribution in [-0.4, -0.2) is 44.0 Å². The zero-order valence-corrected chi connectivity index (χ0v) is 15.3. The fourth-order valence-electron chi connectivity index (χ4n) is 2.25. The Hall–Kier alpha value is -2.87. The molecule has 0 aliphatic heterocycles. The van der Waals surface area contributed by atoms with E-state index in [1.165, 1.54) is 49.4 Å². The highest BCUT2D eigenvalue weighted by Crippen LogP contribution is 2.27. The quantitative estimate of drug-likeness (QED) is 0.772. The molecule has 144 valence electrons. The first-order chi connectivity index (χ1) is 12.8. The van der Waals surface area contributed by atoms with Gasteiger partial charge in [-0.3, -0.25) is 9.59 Å². The molecule has 0 aliphatic carbocycles. The van der Waals surface area contributed by atoms with Crippen molar-refractivity contribution in [3.8, 4) is 11.5 Å². The molecule has 2 rings (SSSR count). The Kier molecular flexibility index (Phi) is 6.95. The van der Waals surface area contributed by atoms with Crippen molar-refractivity contribution < 1.29 is 27.8 Å². The van der Waals surface area contributed by atoms with Crippen LogP contribution in [0.4, 0.5) is 14.5 Å². The maximum Gasteiger partial charge on any atom is 0.387 e. The Morgan fingerprint density at radius 1 is 1.19 bits per heavy atom. The molecule has 27 heavy (non-hydrogen) atoms. The van der Waals surface area contributed by atoms with E-state index < -0.39 is 18.4 Å². The van der Waals surface area contributed by atoms with E-state index in [-0.39, 0.29) is 17.9 Å². The van der Waals surface area contributed by atoms with Crippen molar-refractivity contribution in [1.29, 1.82) is 0 Å². The van der Waals surface area contributed by atoms with E-state index in [2.05, 4.69) is 10.1 Å². The summed E-state index contributed by atoms with van der Waals surface area (Å²) in [5.74, 6) is -0.540. The summed E-state index contributed by atoms with van der Waals surface area (Å²) in [5, 5.41) is 3.04. The number of anilines is 1. The molecule has 0 unspecified atom stereocenters. The van der Waals surface area contributed by atoms with Gasteiger partial charge in [-0.25, -0.2) is 0 Å². The first-order valence-electron chi connectivity index (χ1n) is 7.74. The summed E-state index contributed by atoms with van der Waals surface area (Å²) in [5.41, 5.74) is 0.608. The number of amides is 2. The number of likely N-dealkylation sites (N-methyl/N-ethyl adjacent to an activating group) is 1. The summed E-state index contributed by atoms with van der Waals surface area (Å²) >= 11 is 5.91. The number of hydrogen-bond donors (Lipinski definition) is 1. The average molecular weight is 399 g/mol. The highest BCUT2D eigenvalue weighted by atomic mass is 35.5. The van der Waals surface area contributed by atoms with Crippen LogP contribution in [0.25, 0.3) is 0 Å². The number of nitrogens with zero attached hydrogens (tertiary/aromatic N) is 1. The van der Waals surface area contributed by atoms with Crippen molar-refractivity contribution in [2.24, 2.45) is 0 Å². The zero-order chi connectivity index (χ0) is 20.0. The molecule has 2 aromatic carbocycles. The smallest absolute Gasteiger partial charge is 0.387 e. The van der Waals surface area contributed by atoms with Crippen molar-refractivity contribution >= 4 is 29.1 Å². The second kappa shape index (κ2) is 9.18. The number of alkyl halides is 2. The highest BCUT2D eigenvalue weighted by molar-refractivity contribution is 6.31. The van der Waals surface area contributed by atoms with Gasteiger partial charge in [0, 0.05) is 17.6 Å². The maximum atomic E-state index is 12.4. The van der Waals surface area contributed by atoms with Gasteiger partial charge in [0.1, 0.15) is 11.5 Å². The molecular formula is C18H17ClF2N2O4. The lowest BCUT2D eigenvalue weighted by Gasteiger charge is -2.18. The van der Waals surface area contributed by atoms with Gasteiger partial charge < -0.3 is 19.7 Å². The molecule has 0 fully saturated rings. The summed E-state index contributed by atoms with van der Waals surface area (Å²) in [6.45, 7) is -3.18. The predicted molar refractivity (Wildman–Crippen MR) is 96.7 cm³/mol. The summed E-state index contributed by atoms with van der Waals surface area (Å²) in [4.78, 5) is 25.8. The van der Waals surface area contributed by atoms with Gasteiger partial charge in [0.2, 0.25) is 5.91 Å². The van der Waals surface area contributed by atoms with Crippen molar-refractivity contribution in [2.45, 2.75) is 6.61 Å². The van der Waals surface area contributed by atoms with E-state index in [4.69, 9.17) is 16.3 Å². The van der Waals surface area contributed by atoms with Gasteiger partial charge in [0.15, 0.2) is 0 Å². The van der Waals surface area contributed by atoms with Crippen LogP contribution in [0.1, 0.15) is 10.4 Å². The molecule has 0 heterocycles. The van der Waals surface area contributed by atoms with Crippen LogP contribution in [0.15, 0.2) is 42.5 Å². The Bertz CT molecular complexity index is 816. The van der Waals surface area contributed by atoms with Gasteiger partial charge >= 0.3 is 6.61 Å². The second-order valence-corrected chi connectivity index (χ2v) is 5.89. The number of rotatable bonds is 7. The molecular weight excluding hydrogens is 382 g/mol. The average Bonchev–Trinajstić information content (AvgIpc) is 2.61. The molecule has 1 N–H and O–H groups in total. The van der Waals surface area contributed by atoms with Crippen LogP contribution in [0, 0.1) is 0 Å². The minimum Gasteiger partial charge on any atom is -0.495 e. The molecule has 0 aromatic heterocycles. The lowest BCUT2D eigenvalue weighted by Crippen LogP contribution is -2.35. The van der Waals surface area contributed by atoms with Crippen molar-refractivity contribution in [2.75, 3.05) is 26.0 Å². The van der Waals surface area contributed by atoms with Crippen LogP contribution < -0.4 is 14.8 Å². The summed E-state index contributed by atoms with van der Waals surface area (Å²) in [6, 6.07) is 9.95. The van der Waals surface area contributed by atoms with E-state index >= 15 is 0 Å².